The molecule has 0 spiro atoms. The Morgan fingerprint density at radius 1 is 0.400 bits per heavy atom. The van der Waals surface area contributed by atoms with Gasteiger partial charge in [-0.1, -0.05) is 84.9 Å². The minimum absolute atomic E-state index is 0.173. The number of rotatable bonds is 5. The van der Waals surface area contributed by atoms with E-state index < -0.39 is 34.3 Å². The summed E-state index contributed by atoms with van der Waals surface area (Å²) in [5, 5.41) is 54.2. The zero-order valence-corrected chi connectivity index (χ0v) is 23.6. The van der Waals surface area contributed by atoms with Crippen LogP contribution in [0.15, 0.2) is 122 Å². The van der Waals surface area contributed by atoms with Crippen molar-refractivity contribution >= 4 is 10.8 Å². The molecule has 0 amide bonds. The number of nitrogens with zero attached hydrogens (tertiary/aromatic N) is 3. The lowest BCUT2D eigenvalue weighted by Crippen LogP contribution is -1.97. The molecule has 0 saturated heterocycles. The van der Waals surface area contributed by atoms with Gasteiger partial charge >= 0.3 is 0 Å². The number of fused-ring (bicyclic) bond motifs is 1. The average Bonchev–Trinajstić information content (AvgIpc) is 3.10. The van der Waals surface area contributed by atoms with E-state index in [9.17, 15) is 25.5 Å². The lowest BCUT2D eigenvalue weighted by Gasteiger charge is -2.14. The molecule has 218 valence electrons. The van der Waals surface area contributed by atoms with Crippen LogP contribution in [0.1, 0.15) is 0 Å². The van der Waals surface area contributed by atoms with E-state index in [0.717, 1.165) is 38.6 Å². The number of pyridine rings is 1. The third kappa shape index (κ3) is 5.00. The Kier molecular flexibility index (Phi) is 6.71. The maximum absolute atomic E-state index is 10.7. The van der Waals surface area contributed by atoms with Crippen LogP contribution in [0.2, 0.25) is 0 Å². The third-order valence-electron chi connectivity index (χ3n) is 7.74. The molecular weight excluding hydrogens is 566 g/mol. The lowest BCUT2D eigenvalue weighted by molar-refractivity contribution is 0.329. The Bertz CT molecular complexity index is 2190. The van der Waals surface area contributed by atoms with Crippen molar-refractivity contribution in [2.24, 2.45) is 0 Å². The number of benzene rings is 5. The molecule has 2 aromatic heterocycles. The van der Waals surface area contributed by atoms with Crippen molar-refractivity contribution in [3.63, 3.8) is 0 Å². The fourth-order valence-electron chi connectivity index (χ4n) is 5.35. The topological polar surface area (TPSA) is 140 Å². The summed E-state index contributed by atoms with van der Waals surface area (Å²) in [6.07, 6.45) is 3.45. The molecule has 0 aliphatic carbocycles. The molecule has 5 aromatic carbocycles. The smallest absolute Gasteiger partial charge is 0.208 e. The Morgan fingerprint density at radius 2 is 0.978 bits per heavy atom. The average molecular weight is 592 g/mol. The van der Waals surface area contributed by atoms with Crippen LogP contribution in [0.3, 0.4) is 0 Å². The Morgan fingerprint density at radius 3 is 1.69 bits per heavy atom. The minimum Gasteiger partial charge on any atom is -0.504 e. The van der Waals surface area contributed by atoms with Gasteiger partial charge in [-0.15, -0.1) is 0 Å². The van der Waals surface area contributed by atoms with Gasteiger partial charge < -0.3 is 25.5 Å². The highest BCUT2D eigenvalue weighted by Gasteiger charge is 2.27. The number of hydrogen-bond acceptors (Lipinski definition) is 8. The van der Waals surface area contributed by atoms with Gasteiger partial charge in [0.25, 0.3) is 0 Å². The van der Waals surface area contributed by atoms with Gasteiger partial charge in [0, 0.05) is 29.1 Å². The predicted octanol–water partition coefficient (Wildman–Crippen LogP) is 7.89. The summed E-state index contributed by atoms with van der Waals surface area (Å²) in [6, 6.07) is 35.4. The monoisotopic (exact) mass is 591 g/mol. The summed E-state index contributed by atoms with van der Waals surface area (Å²) >= 11 is 0. The Hall–Kier alpha value is -6.41. The summed E-state index contributed by atoms with van der Waals surface area (Å²) in [5.74, 6) is -4.99. The summed E-state index contributed by atoms with van der Waals surface area (Å²) in [4.78, 5) is 13.4. The fraction of sp³-hybridized carbons (Fsp3) is 0. The van der Waals surface area contributed by atoms with E-state index in [1.54, 1.807) is 18.5 Å². The van der Waals surface area contributed by atoms with Crippen LogP contribution in [-0.2, 0) is 0 Å². The van der Waals surface area contributed by atoms with Crippen LogP contribution in [0, 0.1) is 0 Å². The summed E-state index contributed by atoms with van der Waals surface area (Å²) in [6.45, 7) is 0. The van der Waals surface area contributed by atoms with Crippen molar-refractivity contribution in [3.05, 3.63) is 122 Å². The molecule has 0 fully saturated rings. The molecule has 2 heterocycles. The van der Waals surface area contributed by atoms with Gasteiger partial charge in [0.05, 0.1) is 11.4 Å². The maximum atomic E-state index is 10.7. The first-order valence-electron chi connectivity index (χ1n) is 14.1. The fourth-order valence-corrected chi connectivity index (χ4v) is 5.35. The normalized spacial score (nSPS) is 11.1. The molecule has 0 aliphatic rings. The quantitative estimate of drug-likeness (QED) is 0.101. The summed E-state index contributed by atoms with van der Waals surface area (Å²) in [5.41, 5.74) is 5.77. The number of phenolic OH excluding ortho intramolecular Hbond substituents is 5. The largest absolute Gasteiger partial charge is 0.504 e. The van der Waals surface area contributed by atoms with E-state index in [2.05, 4.69) is 45.3 Å². The van der Waals surface area contributed by atoms with Crippen molar-refractivity contribution in [2.75, 3.05) is 0 Å². The minimum atomic E-state index is -1.06. The molecule has 0 saturated carbocycles. The van der Waals surface area contributed by atoms with E-state index in [-0.39, 0.29) is 5.82 Å². The zero-order chi connectivity index (χ0) is 31.1. The zero-order valence-electron chi connectivity index (χ0n) is 23.6. The summed E-state index contributed by atoms with van der Waals surface area (Å²) < 4.78 is 0. The van der Waals surface area contributed by atoms with Crippen LogP contribution >= 0.6 is 0 Å². The van der Waals surface area contributed by atoms with Gasteiger partial charge in [0.2, 0.25) is 17.2 Å². The van der Waals surface area contributed by atoms with Crippen LogP contribution < -0.4 is 0 Å². The van der Waals surface area contributed by atoms with Gasteiger partial charge in [-0.3, -0.25) is 4.98 Å². The van der Waals surface area contributed by atoms with Crippen LogP contribution in [-0.4, -0.2) is 40.5 Å². The van der Waals surface area contributed by atoms with Gasteiger partial charge in [-0.25, -0.2) is 9.97 Å². The van der Waals surface area contributed by atoms with Crippen molar-refractivity contribution in [1.82, 2.24) is 15.0 Å². The van der Waals surface area contributed by atoms with Gasteiger partial charge in [0.15, 0.2) is 17.3 Å². The molecule has 8 nitrogen and oxygen atoms in total. The molecule has 0 atom stereocenters. The van der Waals surface area contributed by atoms with Crippen molar-refractivity contribution in [2.45, 2.75) is 0 Å². The Balaban J connectivity index is 1.37. The second-order valence-corrected chi connectivity index (χ2v) is 10.5. The van der Waals surface area contributed by atoms with Gasteiger partial charge in [-0.05, 0) is 51.7 Å². The summed E-state index contributed by atoms with van der Waals surface area (Å²) in [7, 11) is 0. The number of aromatic hydroxyl groups is 5. The van der Waals surface area contributed by atoms with Crippen LogP contribution in [0.4, 0.5) is 0 Å². The van der Waals surface area contributed by atoms with E-state index in [0.29, 0.717) is 17.0 Å². The van der Waals surface area contributed by atoms with Crippen molar-refractivity contribution < 1.29 is 25.5 Å². The molecule has 7 aromatic rings. The predicted molar refractivity (Wildman–Crippen MR) is 173 cm³/mol. The molecule has 45 heavy (non-hydrogen) atoms. The molecule has 0 aliphatic heterocycles. The number of aromatic nitrogens is 3. The standard InChI is InChI=1S/C37H25N3O5/c41-32-31(33(42)35(44)36(45)34(32)43)37-39-29(19-30(40-37)27-8-3-7-25(18-27)28-9-4-16-38-20-28)23-13-10-22(11-14-23)26-15-12-21-5-1-2-6-24(21)17-26/h1-20,41-45H. The first-order valence-corrected chi connectivity index (χ1v) is 14.1. The molecule has 0 unspecified atom stereocenters. The van der Waals surface area contributed by atoms with E-state index in [4.69, 9.17) is 0 Å². The number of hydrogen-bond donors (Lipinski definition) is 5. The third-order valence-corrected chi connectivity index (χ3v) is 7.74. The first-order chi connectivity index (χ1) is 21.9. The Labute approximate surface area is 257 Å². The molecule has 7 rings (SSSR count). The first kappa shape index (κ1) is 27.4. The number of phenols is 5. The molecular formula is C37H25N3O5. The van der Waals surface area contributed by atoms with E-state index >= 15 is 0 Å². The van der Waals surface area contributed by atoms with E-state index in [1.807, 2.05) is 72.8 Å². The van der Waals surface area contributed by atoms with E-state index in [1.165, 1.54) is 0 Å². The lowest BCUT2D eigenvalue weighted by atomic mass is 9.98. The second-order valence-electron chi connectivity index (χ2n) is 10.5. The molecule has 0 bridgehead atoms. The highest BCUT2D eigenvalue weighted by molar-refractivity contribution is 5.88. The highest BCUT2D eigenvalue weighted by atomic mass is 16.4. The van der Waals surface area contributed by atoms with Crippen molar-refractivity contribution in [3.8, 4) is 84.9 Å². The molecule has 5 N–H and O–H groups in total. The molecule has 0 radical (unpaired) electrons. The van der Waals surface area contributed by atoms with Crippen molar-refractivity contribution in [1.29, 1.82) is 0 Å². The second kappa shape index (κ2) is 11.0. The van der Waals surface area contributed by atoms with Gasteiger partial charge in [-0.2, -0.15) is 0 Å². The maximum Gasteiger partial charge on any atom is 0.208 e. The van der Waals surface area contributed by atoms with Crippen LogP contribution in [0.5, 0.6) is 28.7 Å². The SMILES string of the molecule is Oc1c(O)c(O)c(-c2nc(-c3ccc(-c4ccc5ccccc5c4)cc3)cc(-c3cccc(-c4cccnc4)c3)n2)c(O)c1O. The van der Waals surface area contributed by atoms with Crippen LogP contribution in [0.25, 0.3) is 66.9 Å². The highest BCUT2D eigenvalue weighted by Crippen LogP contribution is 2.54. The molecule has 8 heteroatoms. The van der Waals surface area contributed by atoms with Gasteiger partial charge in [0.1, 0.15) is 5.56 Å².